The molecular weight excluding hydrogens is 350 g/mol. The number of benzene rings is 2. The number of likely N-dealkylation sites (N-methyl/N-ethyl adjacent to an activating group) is 2. The van der Waals surface area contributed by atoms with E-state index in [1.54, 1.807) is 0 Å². The summed E-state index contributed by atoms with van der Waals surface area (Å²) in [5.41, 5.74) is 3.73. The number of para-hydroxylation sites is 1. The third kappa shape index (κ3) is 3.99. The number of hydrogen-bond donors (Lipinski definition) is 2. The van der Waals surface area contributed by atoms with Crippen molar-refractivity contribution in [1.82, 2.24) is 9.88 Å². The molecule has 5 heteroatoms. The van der Waals surface area contributed by atoms with Gasteiger partial charge >= 0.3 is 0 Å². The molecule has 2 N–H and O–H groups in total. The molecule has 3 rings (SSSR count). The predicted octanol–water partition coefficient (Wildman–Crippen LogP) is 2.07. The van der Waals surface area contributed by atoms with Gasteiger partial charge < -0.3 is 14.8 Å². The van der Waals surface area contributed by atoms with Crippen LogP contribution < -0.4 is 10.2 Å². The summed E-state index contributed by atoms with van der Waals surface area (Å²) in [7, 11) is 2.00. The van der Waals surface area contributed by atoms with Crippen LogP contribution in [-0.2, 0) is 11.8 Å². The van der Waals surface area contributed by atoms with Crippen LogP contribution in [0, 0.1) is 0 Å². The molecule has 0 aliphatic heterocycles. The maximum atomic E-state index is 13.4. The van der Waals surface area contributed by atoms with Crippen LogP contribution in [0.4, 0.5) is 0 Å². The average molecular weight is 378 g/mol. The zero-order valence-electron chi connectivity index (χ0n) is 16.8. The number of aromatic nitrogens is 1. The van der Waals surface area contributed by atoms with Crippen molar-refractivity contribution < 1.29 is 14.5 Å². The number of fused-ring (bicyclic) bond motifs is 1. The highest BCUT2D eigenvalue weighted by Crippen LogP contribution is 2.33. The Kier molecular flexibility index (Phi) is 6.26. The molecule has 1 heterocycles. The van der Waals surface area contributed by atoms with Crippen LogP contribution in [0.2, 0.25) is 0 Å². The van der Waals surface area contributed by atoms with Gasteiger partial charge in [0.25, 0.3) is 5.91 Å². The van der Waals surface area contributed by atoms with E-state index in [1.807, 2.05) is 75.5 Å². The maximum Gasteiger partial charge on any atom is 0.275 e. The maximum absolute atomic E-state index is 13.4. The zero-order valence-corrected chi connectivity index (χ0v) is 16.8. The van der Waals surface area contributed by atoms with Crippen LogP contribution in [0.25, 0.3) is 22.2 Å². The molecule has 1 amide bonds. The first-order valence-corrected chi connectivity index (χ1v) is 9.83. The van der Waals surface area contributed by atoms with Crippen molar-refractivity contribution in [2.45, 2.75) is 13.8 Å². The van der Waals surface area contributed by atoms with Crippen LogP contribution in [0.5, 0.6) is 0 Å². The lowest BCUT2D eigenvalue weighted by molar-refractivity contribution is -0.881. The Morgan fingerprint density at radius 2 is 1.64 bits per heavy atom. The third-order valence-corrected chi connectivity index (χ3v) is 5.13. The van der Waals surface area contributed by atoms with Crippen LogP contribution >= 0.6 is 0 Å². The minimum Gasteiger partial charge on any atom is -0.351 e. The van der Waals surface area contributed by atoms with E-state index in [0.717, 1.165) is 32.6 Å². The largest absolute Gasteiger partial charge is 0.351 e. The van der Waals surface area contributed by atoms with E-state index in [0.29, 0.717) is 26.2 Å². The van der Waals surface area contributed by atoms with E-state index < -0.39 is 0 Å². The van der Waals surface area contributed by atoms with Gasteiger partial charge in [0.1, 0.15) is 6.54 Å². The lowest BCUT2D eigenvalue weighted by Crippen LogP contribution is -3.13. The molecule has 1 atom stereocenters. The fourth-order valence-electron chi connectivity index (χ4n) is 3.72. The Morgan fingerprint density at radius 1 is 0.964 bits per heavy atom. The van der Waals surface area contributed by atoms with E-state index in [4.69, 9.17) is 0 Å². The number of ketones is 1. The molecule has 28 heavy (non-hydrogen) atoms. The summed E-state index contributed by atoms with van der Waals surface area (Å²) in [5.74, 6) is 0.0464. The fraction of sp³-hybridized carbons (Fsp3) is 0.304. The Bertz CT molecular complexity index is 976. The first-order chi connectivity index (χ1) is 13.6. The van der Waals surface area contributed by atoms with Crippen molar-refractivity contribution in [2.75, 3.05) is 26.2 Å². The van der Waals surface area contributed by atoms with Gasteiger partial charge in [-0.15, -0.1) is 0 Å². The molecule has 1 unspecified atom stereocenters. The quantitative estimate of drug-likeness (QED) is 0.590. The Balaban J connectivity index is 2.01. The number of rotatable bonds is 8. The van der Waals surface area contributed by atoms with Crippen LogP contribution in [0.1, 0.15) is 24.2 Å². The number of hydrogen-bond acceptors (Lipinski definition) is 2. The van der Waals surface area contributed by atoms with Crippen LogP contribution in [-0.4, -0.2) is 42.4 Å². The standard InChI is InChI=1S/C23H27N3O2/c1-4-24-21(28)16-26(5-2)15-20(27)22-18-13-9-10-14-19(18)25(3)23(22)17-11-7-6-8-12-17/h6-14H,4-5,15-16H2,1-3H3,(H,24,28)/p+1. The summed E-state index contributed by atoms with van der Waals surface area (Å²) >= 11 is 0. The fourth-order valence-corrected chi connectivity index (χ4v) is 3.72. The van der Waals surface area contributed by atoms with Crippen molar-refractivity contribution >= 4 is 22.6 Å². The number of amides is 1. The molecule has 0 spiro atoms. The molecule has 146 valence electrons. The van der Waals surface area contributed by atoms with Crippen LogP contribution in [0.3, 0.4) is 0 Å². The second-order valence-corrected chi connectivity index (χ2v) is 7.00. The van der Waals surface area contributed by atoms with Gasteiger partial charge in [-0.25, -0.2) is 0 Å². The summed E-state index contributed by atoms with van der Waals surface area (Å²) in [6.45, 7) is 5.82. The highest BCUT2D eigenvalue weighted by Gasteiger charge is 2.25. The molecule has 3 aromatic rings. The normalized spacial score (nSPS) is 12.1. The number of nitrogens with zero attached hydrogens (tertiary/aromatic N) is 1. The molecule has 0 aliphatic carbocycles. The summed E-state index contributed by atoms with van der Waals surface area (Å²) < 4.78 is 2.09. The van der Waals surface area contributed by atoms with Gasteiger partial charge in [-0.2, -0.15) is 0 Å². The second kappa shape index (κ2) is 8.85. The minimum atomic E-state index is -0.0200. The van der Waals surface area contributed by atoms with Crippen molar-refractivity contribution in [2.24, 2.45) is 7.05 Å². The van der Waals surface area contributed by atoms with Crippen molar-refractivity contribution in [3.8, 4) is 11.3 Å². The summed E-state index contributed by atoms with van der Waals surface area (Å²) in [5, 5.41) is 3.78. The first kappa shape index (κ1) is 19.8. The van der Waals surface area contributed by atoms with Gasteiger partial charge in [0.2, 0.25) is 5.78 Å². The SMILES string of the molecule is CCNC(=O)C[NH+](CC)CC(=O)c1c(-c2ccccc2)n(C)c2ccccc12. The van der Waals surface area contributed by atoms with Gasteiger partial charge in [-0.3, -0.25) is 9.59 Å². The van der Waals surface area contributed by atoms with E-state index in [-0.39, 0.29) is 11.7 Å². The number of nitrogens with one attached hydrogen (secondary N) is 2. The number of quaternary nitrogens is 1. The van der Waals surface area contributed by atoms with Gasteiger partial charge in [-0.1, -0.05) is 48.5 Å². The topological polar surface area (TPSA) is 55.5 Å². The van der Waals surface area contributed by atoms with Gasteiger partial charge in [0.15, 0.2) is 6.54 Å². The van der Waals surface area contributed by atoms with Gasteiger partial charge in [0.05, 0.1) is 17.8 Å². The van der Waals surface area contributed by atoms with E-state index in [1.165, 1.54) is 0 Å². The van der Waals surface area contributed by atoms with Crippen molar-refractivity contribution in [1.29, 1.82) is 0 Å². The lowest BCUT2D eigenvalue weighted by atomic mass is 10.0. The van der Waals surface area contributed by atoms with Crippen molar-refractivity contribution in [3.05, 3.63) is 60.2 Å². The smallest absolute Gasteiger partial charge is 0.275 e. The molecule has 0 saturated heterocycles. The summed E-state index contributed by atoms with van der Waals surface area (Å²) in [6.07, 6.45) is 0. The molecule has 5 nitrogen and oxygen atoms in total. The Labute approximate surface area is 166 Å². The molecule has 0 bridgehead atoms. The highest BCUT2D eigenvalue weighted by atomic mass is 16.2. The van der Waals surface area contributed by atoms with Crippen molar-refractivity contribution in [3.63, 3.8) is 0 Å². The Hall–Kier alpha value is -2.92. The number of carbonyl (C=O) groups excluding carboxylic acids is 2. The first-order valence-electron chi connectivity index (χ1n) is 9.83. The number of Topliss-reactive ketones (excluding diaryl/α,β-unsaturated/α-hetero) is 1. The number of carbonyl (C=O) groups is 2. The summed E-state index contributed by atoms with van der Waals surface area (Å²) in [4.78, 5) is 26.4. The van der Waals surface area contributed by atoms with Gasteiger partial charge in [-0.05, 0) is 25.5 Å². The molecule has 0 saturated carbocycles. The molecular formula is C23H28N3O2+. The lowest BCUT2D eigenvalue weighted by Gasteiger charge is -2.17. The van der Waals surface area contributed by atoms with Crippen LogP contribution in [0.15, 0.2) is 54.6 Å². The molecule has 0 fully saturated rings. The molecule has 0 aliphatic rings. The minimum absolute atomic E-state index is 0.0200. The zero-order chi connectivity index (χ0) is 20.1. The van der Waals surface area contributed by atoms with E-state index in [9.17, 15) is 9.59 Å². The van der Waals surface area contributed by atoms with E-state index >= 15 is 0 Å². The van der Waals surface area contributed by atoms with Gasteiger partial charge in [0, 0.05) is 24.5 Å². The Morgan fingerprint density at radius 3 is 2.32 bits per heavy atom. The predicted molar refractivity (Wildman–Crippen MR) is 113 cm³/mol. The highest BCUT2D eigenvalue weighted by molar-refractivity contribution is 6.14. The molecule has 2 aromatic carbocycles. The molecule has 1 aromatic heterocycles. The third-order valence-electron chi connectivity index (χ3n) is 5.13. The van der Waals surface area contributed by atoms with E-state index in [2.05, 4.69) is 9.88 Å². The number of aryl methyl sites for hydroxylation is 1. The monoisotopic (exact) mass is 378 g/mol. The average Bonchev–Trinajstić information content (AvgIpc) is 3.01. The second-order valence-electron chi connectivity index (χ2n) is 7.00. The molecule has 0 radical (unpaired) electrons. The summed E-state index contributed by atoms with van der Waals surface area (Å²) in [6, 6.07) is 18.0.